The van der Waals surface area contributed by atoms with Crippen LogP contribution in [0.1, 0.15) is 22.8 Å². The van der Waals surface area contributed by atoms with Gasteiger partial charge in [0.15, 0.2) is 0 Å². The zero-order valence-electron chi connectivity index (χ0n) is 11.8. The monoisotopic (exact) mass is 350 g/mol. The van der Waals surface area contributed by atoms with Crippen LogP contribution in [0.5, 0.6) is 0 Å². The molecule has 0 aromatic heterocycles. The predicted octanol–water partition coefficient (Wildman–Crippen LogP) is 4.58. The second-order valence-electron chi connectivity index (χ2n) is 4.61. The molecule has 0 aliphatic rings. The molecule has 1 amide bonds. The lowest BCUT2D eigenvalue weighted by atomic mass is 10.1. The zero-order valence-corrected chi connectivity index (χ0v) is 13.4. The lowest BCUT2D eigenvalue weighted by Crippen LogP contribution is -2.16. The molecule has 2 rings (SSSR count). The van der Waals surface area contributed by atoms with E-state index >= 15 is 0 Å². The molecule has 2 aromatic rings. The summed E-state index contributed by atoms with van der Waals surface area (Å²) in [4.78, 5) is 12.4. The van der Waals surface area contributed by atoms with E-state index in [4.69, 9.17) is 0 Å². The van der Waals surface area contributed by atoms with Crippen molar-refractivity contribution in [2.24, 2.45) is 0 Å². The predicted molar refractivity (Wildman–Crippen MR) is 87.4 cm³/mol. The maximum absolute atomic E-state index is 13.8. The molecule has 0 atom stereocenters. The van der Waals surface area contributed by atoms with Crippen LogP contribution in [0.15, 0.2) is 40.9 Å². The molecule has 0 saturated heterocycles. The minimum absolute atomic E-state index is 0.227. The topological polar surface area (TPSA) is 41.1 Å². The minimum Gasteiger partial charge on any atom is -0.382 e. The van der Waals surface area contributed by atoms with E-state index in [2.05, 4.69) is 26.6 Å². The Morgan fingerprint density at radius 3 is 2.76 bits per heavy atom. The van der Waals surface area contributed by atoms with Gasteiger partial charge in [-0.2, -0.15) is 0 Å². The van der Waals surface area contributed by atoms with Crippen LogP contribution in [0.4, 0.5) is 15.8 Å². The zero-order chi connectivity index (χ0) is 15.4. The molecule has 0 bridgehead atoms. The number of carbonyl (C=O) groups excluding carboxylic acids is 1. The van der Waals surface area contributed by atoms with Crippen molar-refractivity contribution in [2.75, 3.05) is 17.2 Å². The van der Waals surface area contributed by atoms with Gasteiger partial charge in [0.05, 0.1) is 11.3 Å². The molecule has 0 unspecified atom stereocenters. The molecule has 0 radical (unpaired) electrons. The molecule has 3 nitrogen and oxygen atoms in total. The van der Waals surface area contributed by atoms with Crippen molar-refractivity contribution < 1.29 is 9.18 Å². The van der Waals surface area contributed by atoms with Gasteiger partial charge in [0.25, 0.3) is 5.91 Å². The summed E-state index contributed by atoms with van der Waals surface area (Å²) in [5, 5.41) is 5.71. The number of hydrogen-bond acceptors (Lipinski definition) is 2. The maximum Gasteiger partial charge on any atom is 0.257 e. The van der Waals surface area contributed by atoms with Gasteiger partial charge in [0, 0.05) is 16.7 Å². The van der Waals surface area contributed by atoms with Gasteiger partial charge >= 0.3 is 0 Å². The van der Waals surface area contributed by atoms with Crippen molar-refractivity contribution >= 4 is 33.2 Å². The first-order valence-electron chi connectivity index (χ1n) is 6.62. The largest absolute Gasteiger partial charge is 0.382 e. The molecule has 0 fully saturated rings. The summed E-state index contributed by atoms with van der Waals surface area (Å²) in [5.74, 6) is -0.776. The summed E-state index contributed by atoms with van der Waals surface area (Å²) in [6, 6.07) is 10.1. The maximum atomic E-state index is 13.8. The summed E-state index contributed by atoms with van der Waals surface area (Å²) in [6.07, 6.45) is 0. The second-order valence-corrected chi connectivity index (χ2v) is 5.52. The number of hydrogen-bond donors (Lipinski definition) is 2. The number of aryl methyl sites for hydroxylation is 1. The van der Waals surface area contributed by atoms with E-state index in [1.165, 1.54) is 12.1 Å². The van der Waals surface area contributed by atoms with E-state index in [9.17, 15) is 9.18 Å². The van der Waals surface area contributed by atoms with Crippen LogP contribution in [0, 0.1) is 12.7 Å². The van der Waals surface area contributed by atoms with E-state index in [-0.39, 0.29) is 17.2 Å². The lowest BCUT2D eigenvalue weighted by Gasteiger charge is -2.13. The summed E-state index contributed by atoms with van der Waals surface area (Å²) in [7, 11) is 0. The third kappa shape index (κ3) is 3.61. The third-order valence-corrected chi connectivity index (χ3v) is 3.55. The summed E-state index contributed by atoms with van der Waals surface area (Å²) >= 11 is 3.37. The molecule has 2 aromatic carbocycles. The summed E-state index contributed by atoms with van der Waals surface area (Å²) < 4.78 is 14.7. The van der Waals surface area contributed by atoms with Crippen LogP contribution >= 0.6 is 15.9 Å². The molecule has 2 N–H and O–H groups in total. The summed E-state index contributed by atoms with van der Waals surface area (Å²) in [5.41, 5.74) is 2.15. The Hall–Kier alpha value is -1.88. The van der Waals surface area contributed by atoms with Gasteiger partial charge in [-0.25, -0.2) is 4.39 Å². The Labute approximate surface area is 131 Å². The molecule has 5 heteroatoms. The highest BCUT2D eigenvalue weighted by Gasteiger charge is 2.15. The van der Waals surface area contributed by atoms with E-state index in [1.807, 2.05) is 32.0 Å². The second kappa shape index (κ2) is 6.72. The average Bonchev–Trinajstić information content (AvgIpc) is 2.45. The van der Waals surface area contributed by atoms with Crippen LogP contribution in [-0.4, -0.2) is 12.5 Å². The van der Waals surface area contributed by atoms with E-state index in [1.54, 1.807) is 6.07 Å². The molecule has 21 heavy (non-hydrogen) atoms. The van der Waals surface area contributed by atoms with Crippen LogP contribution in [0.25, 0.3) is 0 Å². The van der Waals surface area contributed by atoms with E-state index in [0.717, 1.165) is 10.0 Å². The molecule has 110 valence electrons. The van der Waals surface area contributed by atoms with Crippen molar-refractivity contribution in [3.63, 3.8) is 0 Å². The van der Waals surface area contributed by atoms with Crippen molar-refractivity contribution in [3.05, 3.63) is 57.8 Å². The first-order valence-corrected chi connectivity index (χ1v) is 7.42. The van der Waals surface area contributed by atoms with Crippen LogP contribution < -0.4 is 10.6 Å². The van der Waals surface area contributed by atoms with Crippen molar-refractivity contribution in [1.82, 2.24) is 0 Å². The summed E-state index contributed by atoms with van der Waals surface area (Å²) in [6.45, 7) is 4.29. The van der Waals surface area contributed by atoms with Gasteiger partial charge in [-0.3, -0.25) is 4.79 Å². The Bertz CT molecular complexity index is 673. The van der Waals surface area contributed by atoms with Crippen LogP contribution in [0.3, 0.4) is 0 Å². The number of rotatable bonds is 4. The third-order valence-electron chi connectivity index (χ3n) is 3.06. The first kappa shape index (κ1) is 15.5. The van der Waals surface area contributed by atoms with Gasteiger partial charge < -0.3 is 10.6 Å². The van der Waals surface area contributed by atoms with Gasteiger partial charge in [-0.1, -0.05) is 28.1 Å². The normalized spacial score (nSPS) is 10.3. The molecule has 0 heterocycles. The number of anilines is 2. The lowest BCUT2D eigenvalue weighted by molar-refractivity contribution is 0.102. The fourth-order valence-corrected chi connectivity index (χ4v) is 2.35. The quantitative estimate of drug-likeness (QED) is 0.847. The first-order chi connectivity index (χ1) is 10.0. The molecule has 0 aliphatic carbocycles. The highest BCUT2D eigenvalue weighted by atomic mass is 79.9. The average molecular weight is 351 g/mol. The van der Waals surface area contributed by atoms with Gasteiger partial charge in [-0.15, -0.1) is 0 Å². The number of benzene rings is 2. The fraction of sp³-hybridized carbons (Fsp3) is 0.188. The Morgan fingerprint density at radius 1 is 1.29 bits per heavy atom. The van der Waals surface area contributed by atoms with Crippen molar-refractivity contribution in [2.45, 2.75) is 13.8 Å². The molecular weight excluding hydrogens is 335 g/mol. The molecular formula is C16H16BrFN2O. The Kier molecular flexibility index (Phi) is 4.96. The van der Waals surface area contributed by atoms with Crippen molar-refractivity contribution in [3.8, 4) is 0 Å². The highest BCUT2D eigenvalue weighted by molar-refractivity contribution is 9.10. The molecule has 0 aliphatic heterocycles. The smallest absolute Gasteiger partial charge is 0.257 e. The number of para-hydroxylation sites is 1. The number of nitrogens with one attached hydrogen (secondary N) is 2. The van der Waals surface area contributed by atoms with E-state index in [0.29, 0.717) is 12.2 Å². The Balaban J connectivity index is 2.32. The number of amides is 1. The van der Waals surface area contributed by atoms with Crippen LogP contribution in [0.2, 0.25) is 0 Å². The molecule has 0 saturated carbocycles. The van der Waals surface area contributed by atoms with Gasteiger partial charge in [0.2, 0.25) is 0 Å². The van der Waals surface area contributed by atoms with E-state index < -0.39 is 5.82 Å². The van der Waals surface area contributed by atoms with Crippen LogP contribution in [-0.2, 0) is 0 Å². The molecule has 0 spiro atoms. The fourth-order valence-electron chi connectivity index (χ4n) is 1.99. The standard InChI is InChI=1S/C16H16BrFN2O/c1-3-19-15-12(5-4-6-13(15)18)16(21)20-14-9-11(17)8-7-10(14)2/h4-9,19H,3H2,1-2H3,(H,20,21). The Morgan fingerprint density at radius 2 is 2.05 bits per heavy atom. The number of carbonyl (C=O) groups is 1. The SMILES string of the molecule is CCNc1c(F)cccc1C(=O)Nc1cc(Br)ccc1C. The van der Waals surface area contributed by atoms with Crippen molar-refractivity contribution in [1.29, 1.82) is 0 Å². The number of halogens is 2. The van der Waals surface area contributed by atoms with Gasteiger partial charge in [0.1, 0.15) is 5.82 Å². The van der Waals surface area contributed by atoms with Gasteiger partial charge in [-0.05, 0) is 43.7 Å². The highest BCUT2D eigenvalue weighted by Crippen LogP contribution is 2.24. The minimum atomic E-state index is -0.435.